The van der Waals surface area contributed by atoms with Gasteiger partial charge in [0.1, 0.15) is 0 Å². The summed E-state index contributed by atoms with van der Waals surface area (Å²) < 4.78 is 35.9. The Hall–Kier alpha value is -1.81. The number of nitrogens with zero attached hydrogens (tertiary/aromatic N) is 1. The predicted molar refractivity (Wildman–Crippen MR) is 101 cm³/mol. The minimum absolute atomic E-state index is 0.154. The third kappa shape index (κ3) is 4.60. The van der Waals surface area contributed by atoms with E-state index in [0.717, 1.165) is 3.57 Å². The van der Waals surface area contributed by atoms with Crippen molar-refractivity contribution in [3.8, 4) is 11.5 Å². The molecule has 1 N–H and O–H groups in total. The fourth-order valence-corrected chi connectivity index (χ4v) is 3.51. The molecular weight excluding hydrogens is 443 g/mol. The zero-order valence-electron chi connectivity index (χ0n) is 13.2. The van der Waals surface area contributed by atoms with Gasteiger partial charge in [0, 0.05) is 0 Å². The van der Waals surface area contributed by atoms with E-state index in [1.54, 1.807) is 31.4 Å². The Morgan fingerprint density at radius 2 is 1.96 bits per heavy atom. The van der Waals surface area contributed by atoms with Crippen molar-refractivity contribution in [2.75, 3.05) is 13.7 Å². The number of hydrogen-bond acceptors (Lipinski definition) is 5. The lowest BCUT2D eigenvalue weighted by Gasteiger charge is -2.12. The first-order valence-corrected chi connectivity index (χ1v) is 9.64. The summed E-state index contributed by atoms with van der Waals surface area (Å²) in [6.45, 7) is 2.42. The van der Waals surface area contributed by atoms with Crippen molar-refractivity contribution in [2.45, 2.75) is 11.8 Å². The largest absolute Gasteiger partial charge is 0.493 e. The van der Waals surface area contributed by atoms with E-state index in [9.17, 15) is 8.42 Å². The normalized spacial score (nSPS) is 11.5. The topological polar surface area (TPSA) is 77.0 Å². The molecule has 6 nitrogen and oxygen atoms in total. The number of nitrogens with one attached hydrogen (secondary N) is 1. The van der Waals surface area contributed by atoms with E-state index >= 15 is 0 Å². The lowest BCUT2D eigenvalue weighted by atomic mass is 10.2. The second kappa shape index (κ2) is 8.34. The summed E-state index contributed by atoms with van der Waals surface area (Å²) in [7, 11) is -2.13. The monoisotopic (exact) mass is 460 g/mol. The molecule has 0 saturated heterocycles. The summed E-state index contributed by atoms with van der Waals surface area (Å²) in [6, 6.07) is 11.6. The number of sulfonamides is 1. The lowest BCUT2D eigenvalue weighted by Crippen LogP contribution is -2.18. The summed E-state index contributed by atoms with van der Waals surface area (Å²) in [4.78, 5) is 2.34. The average molecular weight is 460 g/mol. The van der Waals surface area contributed by atoms with Crippen LogP contribution in [-0.4, -0.2) is 28.3 Å². The third-order valence-electron chi connectivity index (χ3n) is 2.98. The van der Waals surface area contributed by atoms with E-state index in [1.807, 2.05) is 13.0 Å². The Balaban J connectivity index is 2.19. The molecule has 0 aliphatic rings. The van der Waals surface area contributed by atoms with Crippen LogP contribution < -0.4 is 14.3 Å². The molecule has 2 rings (SSSR count). The van der Waals surface area contributed by atoms with Crippen LogP contribution in [0.1, 0.15) is 12.5 Å². The number of halogens is 1. The molecule has 0 fully saturated rings. The van der Waals surface area contributed by atoms with Gasteiger partial charge in [-0.3, -0.25) is 0 Å². The highest BCUT2D eigenvalue weighted by Crippen LogP contribution is 2.33. The summed E-state index contributed by atoms with van der Waals surface area (Å²) in [5.41, 5.74) is 0.690. The molecule has 2 aromatic rings. The molecule has 0 aliphatic carbocycles. The molecule has 2 aromatic carbocycles. The Morgan fingerprint density at radius 1 is 1.25 bits per heavy atom. The van der Waals surface area contributed by atoms with Gasteiger partial charge in [-0.2, -0.15) is 13.5 Å². The fourth-order valence-electron chi connectivity index (χ4n) is 1.92. The van der Waals surface area contributed by atoms with Crippen LogP contribution >= 0.6 is 22.6 Å². The molecular formula is C16H17IN2O4S. The van der Waals surface area contributed by atoms with Crippen LogP contribution in [0.25, 0.3) is 0 Å². The van der Waals surface area contributed by atoms with Crippen LogP contribution in [0, 0.1) is 3.57 Å². The van der Waals surface area contributed by atoms with Crippen molar-refractivity contribution >= 4 is 38.8 Å². The van der Waals surface area contributed by atoms with Crippen molar-refractivity contribution in [3.05, 3.63) is 51.6 Å². The number of methoxy groups -OCH3 is 1. The molecule has 0 aromatic heterocycles. The summed E-state index contributed by atoms with van der Waals surface area (Å²) >= 11 is 2.13. The third-order valence-corrected chi connectivity index (χ3v) is 5.02. The van der Waals surface area contributed by atoms with Gasteiger partial charge in [0.15, 0.2) is 11.5 Å². The number of hydrogen-bond donors (Lipinski definition) is 1. The second-order valence-corrected chi connectivity index (χ2v) is 7.46. The molecule has 128 valence electrons. The molecule has 0 spiro atoms. The van der Waals surface area contributed by atoms with Gasteiger partial charge in [-0.25, -0.2) is 4.83 Å². The quantitative estimate of drug-likeness (QED) is 0.392. The van der Waals surface area contributed by atoms with Crippen LogP contribution in [0.15, 0.2) is 52.5 Å². The second-order valence-electron chi connectivity index (χ2n) is 4.63. The van der Waals surface area contributed by atoms with Gasteiger partial charge in [0.25, 0.3) is 10.0 Å². The van der Waals surface area contributed by atoms with Gasteiger partial charge in [-0.15, -0.1) is 0 Å². The number of rotatable bonds is 7. The summed E-state index contributed by atoms with van der Waals surface area (Å²) in [6.07, 6.45) is 1.42. The Bertz CT molecular complexity index is 823. The predicted octanol–water partition coefficient (Wildman–Crippen LogP) is 3.01. The van der Waals surface area contributed by atoms with Crippen LogP contribution in [0.5, 0.6) is 11.5 Å². The lowest BCUT2D eigenvalue weighted by molar-refractivity contribution is 0.308. The van der Waals surface area contributed by atoms with Crippen LogP contribution in [-0.2, 0) is 10.0 Å². The molecule has 0 unspecified atom stereocenters. The van der Waals surface area contributed by atoms with Crippen molar-refractivity contribution < 1.29 is 17.9 Å². The molecule has 24 heavy (non-hydrogen) atoms. The molecule has 0 radical (unpaired) electrons. The Morgan fingerprint density at radius 3 is 2.58 bits per heavy atom. The van der Waals surface area contributed by atoms with Crippen LogP contribution in [0.3, 0.4) is 0 Å². The minimum atomic E-state index is -3.68. The standard InChI is InChI=1S/C16H17IN2O4S/c1-3-23-16-14(17)9-12(10-15(16)22-2)11-18-19-24(20,21)13-7-5-4-6-8-13/h4-11,19H,3H2,1-2H3/b18-11+. The minimum Gasteiger partial charge on any atom is -0.493 e. The summed E-state index contributed by atoms with van der Waals surface area (Å²) in [5.74, 6) is 1.22. The number of ether oxygens (including phenoxy) is 2. The maximum atomic E-state index is 12.1. The molecule has 0 saturated carbocycles. The van der Waals surface area contributed by atoms with E-state index in [1.165, 1.54) is 18.3 Å². The molecule has 8 heteroatoms. The first-order chi connectivity index (χ1) is 11.5. The van der Waals surface area contributed by atoms with Crippen molar-refractivity contribution in [1.82, 2.24) is 4.83 Å². The van der Waals surface area contributed by atoms with Gasteiger partial charge in [-0.1, -0.05) is 18.2 Å². The van der Waals surface area contributed by atoms with Gasteiger partial charge in [-0.05, 0) is 59.3 Å². The SMILES string of the molecule is CCOc1c(I)cc(/C=N/NS(=O)(=O)c2ccccc2)cc1OC. The van der Waals surface area contributed by atoms with Crippen LogP contribution in [0.2, 0.25) is 0 Å². The Kier molecular flexibility index (Phi) is 6.44. The van der Waals surface area contributed by atoms with E-state index in [4.69, 9.17) is 9.47 Å². The number of benzene rings is 2. The number of hydrazone groups is 1. The van der Waals surface area contributed by atoms with Crippen molar-refractivity contribution in [2.24, 2.45) is 5.10 Å². The van der Waals surface area contributed by atoms with Gasteiger partial charge < -0.3 is 9.47 Å². The zero-order chi connectivity index (χ0) is 17.6. The fraction of sp³-hybridized carbons (Fsp3) is 0.188. The smallest absolute Gasteiger partial charge is 0.276 e. The molecule has 0 aliphatic heterocycles. The van der Waals surface area contributed by atoms with Gasteiger partial charge >= 0.3 is 0 Å². The van der Waals surface area contributed by atoms with Crippen molar-refractivity contribution in [1.29, 1.82) is 0 Å². The van der Waals surface area contributed by atoms with Gasteiger partial charge in [0.2, 0.25) is 0 Å². The van der Waals surface area contributed by atoms with E-state index in [0.29, 0.717) is 23.7 Å². The molecule has 0 amide bonds. The summed E-state index contributed by atoms with van der Waals surface area (Å²) in [5, 5.41) is 3.82. The molecule has 0 bridgehead atoms. The van der Waals surface area contributed by atoms with E-state index in [2.05, 4.69) is 32.5 Å². The van der Waals surface area contributed by atoms with Crippen molar-refractivity contribution in [3.63, 3.8) is 0 Å². The first-order valence-electron chi connectivity index (χ1n) is 7.08. The molecule has 0 heterocycles. The first kappa shape index (κ1) is 18.5. The average Bonchev–Trinajstić information content (AvgIpc) is 2.57. The highest BCUT2D eigenvalue weighted by Gasteiger charge is 2.12. The zero-order valence-corrected chi connectivity index (χ0v) is 16.2. The van der Waals surface area contributed by atoms with E-state index < -0.39 is 10.0 Å². The highest BCUT2D eigenvalue weighted by atomic mass is 127. The van der Waals surface area contributed by atoms with Gasteiger partial charge in [0.05, 0.1) is 28.4 Å². The molecule has 0 atom stereocenters. The van der Waals surface area contributed by atoms with E-state index in [-0.39, 0.29) is 4.90 Å². The maximum Gasteiger partial charge on any atom is 0.276 e. The van der Waals surface area contributed by atoms with Crippen LogP contribution in [0.4, 0.5) is 0 Å². The maximum absolute atomic E-state index is 12.1. The Labute approximate surface area is 155 Å². The highest BCUT2D eigenvalue weighted by molar-refractivity contribution is 14.1.